The summed E-state index contributed by atoms with van der Waals surface area (Å²) in [6.07, 6.45) is 0. The third-order valence-electron chi connectivity index (χ3n) is 2.61. The van der Waals surface area contributed by atoms with Crippen molar-refractivity contribution in [3.8, 4) is 5.75 Å². The summed E-state index contributed by atoms with van der Waals surface area (Å²) in [6, 6.07) is 5.13. The predicted octanol–water partition coefficient (Wildman–Crippen LogP) is 0.678. The molecule has 1 aromatic rings. The van der Waals surface area contributed by atoms with Crippen LogP contribution >= 0.6 is 0 Å². The number of nitrogens with zero attached hydrogens (tertiary/aromatic N) is 1. The van der Waals surface area contributed by atoms with Crippen LogP contribution in [0.4, 0.5) is 5.69 Å². The molecule has 1 aliphatic heterocycles. The molecule has 0 bridgehead atoms. The first-order valence-corrected chi connectivity index (χ1v) is 4.87. The van der Waals surface area contributed by atoms with Crippen molar-refractivity contribution in [2.24, 2.45) is 5.73 Å². The average molecular weight is 206 g/mol. The Balaban J connectivity index is 2.52. The molecule has 0 radical (unpaired) electrons. The van der Waals surface area contributed by atoms with Crippen molar-refractivity contribution in [2.75, 3.05) is 18.6 Å². The number of rotatable bonds is 0. The molecule has 0 spiro atoms. The van der Waals surface area contributed by atoms with Gasteiger partial charge in [-0.05, 0) is 18.6 Å². The van der Waals surface area contributed by atoms with E-state index in [4.69, 9.17) is 10.5 Å². The quantitative estimate of drug-likeness (QED) is 0.679. The van der Waals surface area contributed by atoms with Crippen molar-refractivity contribution in [3.05, 3.63) is 23.8 Å². The topological polar surface area (TPSA) is 55.6 Å². The number of hydrogen-bond donors (Lipinski definition) is 1. The number of likely N-dealkylation sites (N-methyl/N-ethyl adjacent to an activating group) is 1. The summed E-state index contributed by atoms with van der Waals surface area (Å²) in [4.78, 5) is 13.3. The van der Waals surface area contributed by atoms with E-state index >= 15 is 0 Å². The molecule has 15 heavy (non-hydrogen) atoms. The van der Waals surface area contributed by atoms with Crippen molar-refractivity contribution in [1.29, 1.82) is 0 Å². The lowest BCUT2D eigenvalue weighted by atomic mass is 10.2. The molecule has 1 heterocycles. The lowest BCUT2D eigenvalue weighted by molar-refractivity contribution is -0.119. The molecule has 0 saturated carbocycles. The number of para-hydroxylation sites is 1. The fourth-order valence-corrected chi connectivity index (χ4v) is 1.70. The molecule has 1 aliphatic rings. The van der Waals surface area contributed by atoms with Crippen LogP contribution in [0.3, 0.4) is 0 Å². The summed E-state index contributed by atoms with van der Waals surface area (Å²) in [5, 5.41) is 0. The normalized spacial score (nSPS) is 20.6. The summed E-state index contributed by atoms with van der Waals surface area (Å²) in [5.41, 5.74) is 7.48. The van der Waals surface area contributed by atoms with Gasteiger partial charge >= 0.3 is 0 Å². The molecule has 1 amide bonds. The maximum atomic E-state index is 11.7. The molecule has 0 aromatic heterocycles. The molecular formula is C11H14N2O2. The zero-order chi connectivity index (χ0) is 11.0. The van der Waals surface area contributed by atoms with Gasteiger partial charge in [0.1, 0.15) is 18.4 Å². The molecule has 0 unspecified atom stereocenters. The summed E-state index contributed by atoms with van der Waals surface area (Å²) in [6.45, 7) is 2.19. The Morgan fingerprint density at radius 1 is 1.53 bits per heavy atom. The van der Waals surface area contributed by atoms with E-state index in [0.717, 1.165) is 17.0 Å². The van der Waals surface area contributed by atoms with Crippen LogP contribution in [-0.2, 0) is 4.79 Å². The van der Waals surface area contributed by atoms with Gasteiger partial charge in [-0.25, -0.2) is 0 Å². The maximum Gasteiger partial charge on any atom is 0.247 e. The Morgan fingerprint density at radius 3 is 3.00 bits per heavy atom. The Bertz CT molecular complexity index is 404. The van der Waals surface area contributed by atoms with Crippen LogP contribution in [0.1, 0.15) is 5.56 Å². The summed E-state index contributed by atoms with van der Waals surface area (Å²) in [5.74, 6) is 0.639. The number of amides is 1. The Labute approximate surface area is 88.6 Å². The fraction of sp³-hybridized carbons (Fsp3) is 0.364. The molecule has 1 atom stereocenters. The summed E-state index contributed by atoms with van der Waals surface area (Å²) >= 11 is 0. The second kappa shape index (κ2) is 3.55. The number of carbonyl (C=O) groups excluding carboxylic acids is 1. The van der Waals surface area contributed by atoms with Crippen molar-refractivity contribution in [2.45, 2.75) is 13.0 Å². The van der Waals surface area contributed by atoms with Gasteiger partial charge in [0.15, 0.2) is 0 Å². The van der Waals surface area contributed by atoms with E-state index < -0.39 is 6.04 Å². The smallest absolute Gasteiger partial charge is 0.247 e. The van der Waals surface area contributed by atoms with E-state index in [1.54, 1.807) is 11.9 Å². The fourth-order valence-electron chi connectivity index (χ4n) is 1.70. The highest BCUT2D eigenvalue weighted by Gasteiger charge is 2.26. The number of nitrogens with two attached hydrogens (primary N) is 1. The number of anilines is 1. The van der Waals surface area contributed by atoms with Gasteiger partial charge in [-0.3, -0.25) is 4.79 Å². The first-order valence-electron chi connectivity index (χ1n) is 4.87. The molecule has 0 aliphatic carbocycles. The van der Waals surface area contributed by atoms with Crippen molar-refractivity contribution in [1.82, 2.24) is 0 Å². The zero-order valence-electron chi connectivity index (χ0n) is 8.86. The Morgan fingerprint density at radius 2 is 2.27 bits per heavy atom. The van der Waals surface area contributed by atoms with Gasteiger partial charge in [-0.2, -0.15) is 0 Å². The number of benzene rings is 1. The monoisotopic (exact) mass is 206 g/mol. The maximum absolute atomic E-state index is 11.7. The average Bonchev–Trinajstić information content (AvgIpc) is 2.33. The Hall–Kier alpha value is -1.55. The largest absolute Gasteiger partial charge is 0.489 e. The minimum atomic E-state index is -0.582. The third kappa shape index (κ3) is 1.57. The van der Waals surface area contributed by atoms with E-state index in [0.29, 0.717) is 0 Å². The van der Waals surface area contributed by atoms with E-state index in [1.807, 2.05) is 25.1 Å². The van der Waals surface area contributed by atoms with Crippen LogP contribution < -0.4 is 15.4 Å². The first kappa shape index (κ1) is 9.98. The van der Waals surface area contributed by atoms with Crippen molar-refractivity contribution in [3.63, 3.8) is 0 Å². The summed E-state index contributed by atoms with van der Waals surface area (Å²) < 4.78 is 5.54. The highest BCUT2D eigenvalue weighted by Crippen LogP contribution is 2.33. The molecule has 4 heteroatoms. The van der Waals surface area contributed by atoms with Crippen LogP contribution in [0.25, 0.3) is 0 Å². The van der Waals surface area contributed by atoms with Gasteiger partial charge in [0.25, 0.3) is 0 Å². The second-order valence-electron chi connectivity index (χ2n) is 3.74. The predicted molar refractivity (Wildman–Crippen MR) is 58.1 cm³/mol. The lowest BCUT2D eigenvalue weighted by Crippen LogP contribution is -2.43. The number of aryl methyl sites for hydroxylation is 1. The van der Waals surface area contributed by atoms with Gasteiger partial charge in [0.05, 0.1) is 5.69 Å². The van der Waals surface area contributed by atoms with Crippen LogP contribution in [0.5, 0.6) is 5.75 Å². The highest BCUT2D eigenvalue weighted by atomic mass is 16.5. The standard InChI is InChI=1S/C11H14N2O2/c1-7-4-3-5-9-10(7)15-6-8(12)11(14)13(9)2/h3-5,8H,6,12H2,1-2H3/t8-/m0/s1. The lowest BCUT2D eigenvalue weighted by Gasteiger charge is -2.18. The molecule has 0 saturated heterocycles. The van der Waals surface area contributed by atoms with Crippen LogP contribution in [0, 0.1) is 6.92 Å². The number of fused-ring (bicyclic) bond motifs is 1. The minimum absolute atomic E-state index is 0.112. The summed E-state index contributed by atoms with van der Waals surface area (Å²) in [7, 11) is 1.72. The molecular weight excluding hydrogens is 192 g/mol. The number of hydrogen-bond acceptors (Lipinski definition) is 3. The molecule has 80 valence electrons. The SMILES string of the molecule is Cc1cccc2c1OC[C@H](N)C(=O)N2C. The van der Waals surface area contributed by atoms with Crippen LogP contribution in [0.15, 0.2) is 18.2 Å². The van der Waals surface area contributed by atoms with E-state index in [-0.39, 0.29) is 12.5 Å². The van der Waals surface area contributed by atoms with E-state index in [1.165, 1.54) is 0 Å². The van der Waals surface area contributed by atoms with Crippen LogP contribution in [-0.4, -0.2) is 25.6 Å². The third-order valence-corrected chi connectivity index (χ3v) is 2.61. The molecule has 1 aromatic carbocycles. The molecule has 2 rings (SSSR count). The van der Waals surface area contributed by atoms with Gasteiger partial charge < -0.3 is 15.4 Å². The number of ether oxygens (including phenoxy) is 1. The molecule has 4 nitrogen and oxygen atoms in total. The van der Waals surface area contributed by atoms with Gasteiger partial charge in [0.2, 0.25) is 5.91 Å². The second-order valence-corrected chi connectivity index (χ2v) is 3.74. The van der Waals surface area contributed by atoms with E-state index in [9.17, 15) is 4.79 Å². The van der Waals surface area contributed by atoms with Gasteiger partial charge in [-0.1, -0.05) is 12.1 Å². The zero-order valence-corrected chi connectivity index (χ0v) is 8.86. The molecule has 0 fully saturated rings. The van der Waals surface area contributed by atoms with Crippen LogP contribution in [0.2, 0.25) is 0 Å². The first-order chi connectivity index (χ1) is 7.11. The van der Waals surface area contributed by atoms with Gasteiger partial charge in [0, 0.05) is 7.05 Å². The molecule has 2 N–H and O–H groups in total. The minimum Gasteiger partial charge on any atom is -0.489 e. The van der Waals surface area contributed by atoms with E-state index in [2.05, 4.69) is 0 Å². The van der Waals surface area contributed by atoms with Crippen molar-refractivity contribution < 1.29 is 9.53 Å². The highest BCUT2D eigenvalue weighted by molar-refractivity contribution is 5.98. The van der Waals surface area contributed by atoms with Crippen molar-refractivity contribution >= 4 is 11.6 Å². The van der Waals surface area contributed by atoms with Gasteiger partial charge in [-0.15, -0.1) is 0 Å². The Kier molecular flexibility index (Phi) is 2.36. The number of carbonyl (C=O) groups is 1.